The predicted octanol–water partition coefficient (Wildman–Crippen LogP) is 8.18. The third kappa shape index (κ3) is 4.83. The van der Waals surface area contributed by atoms with E-state index in [1.807, 2.05) is 24.9 Å². The number of nitrogens with zero attached hydrogens (tertiary/aromatic N) is 2. The number of carbonyl (C=O) groups excluding carboxylic acids is 1. The molecule has 3 aliphatic carbocycles. The van der Waals surface area contributed by atoms with Crippen molar-refractivity contribution in [2.75, 3.05) is 5.73 Å². The molecule has 3 fully saturated rings. The van der Waals surface area contributed by atoms with E-state index in [0.717, 1.165) is 46.5 Å². The molecular formula is C38H42BrN5O2. The fraction of sp³-hybridized carbons (Fsp3) is 0.421. The molecule has 1 aromatic heterocycles. The SMILES string of the molecule is CC(C)[C@H](NO)C(=O)N1C2CC2C[C@H]1c1ncc(-c2ccc(-c3ccc(-c4ccc(Br)c(N)c4)c4c3C3(CCCC3)CC4)cc2)[nH]1. The summed E-state index contributed by atoms with van der Waals surface area (Å²) < 4.78 is 0.936. The standard InChI is InChI=1S/C38H42BrN5O2/c1-21(2)35(43-46)37(45)44-32-18-25(32)19-33(44)36-41-20-31(42-36)23-7-5-22(6-8-23)27-11-10-26(24-9-12-29(39)30(40)17-24)28-13-16-38(34(27)28)14-3-4-15-38/h5-12,17,20-21,25,32-33,35,43,46H,3-4,13-16,18-19,40H2,1-2H3,(H,41,42)/t25?,32?,33-,35-/m0/s1. The first-order chi connectivity index (χ1) is 22.3. The molecule has 8 rings (SSSR count). The van der Waals surface area contributed by atoms with Crippen LogP contribution in [0.3, 0.4) is 0 Å². The molecule has 1 amide bonds. The molecule has 2 heterocycles. The number of nitrogen functional groups attached to an aromatic ring is 1. The number of hydroxylamine groups is 1. The summed E-state index contributed by atoms with van der Waals surface area (Å²) in [6, 6.07) is 19.4. The van der Waals surface area contributed by atoms with Gasteiger partial charge in [-0.05, 0) is 123 Å². The van der Waals surface area contributed by atoms with Gasteiger partial charge in [-0.15, -0.1) is 0 Å². The van der Waals surface area contributed by atoms with E-state index in [4.69, 9.17) is 10.7 Å². The summed E-state index contributed by atoms with van der Waals surface area (Å²) >= 11 is 3.56. The second-order valence-corrected chi connectivity index (χ2v) is 15.3. The summed E-state index contributed by atoms with van der Waals surface area (Å²) in [5.74, 6) is 1.29. The number of piperidine rings is 1. The van der Waals surface area contributed by atoms with Gasteiger partial charge in [-0.25, -0.2) is 4.98 Å². The van der Waals surface area contributed by atoms with Crippen molar-refractivity contribution < 1.29 is 10.0 Å². The van der Waals surface area contributed by atoms with Crippen LogP contribution in [0.4, 0.5) is 5.69 Å². The van der Waals surface area contributed by atoms with Crippen molar-refractivity contribution in [2.45, 2.75) is 88.8 Å². The van der Waals surface area contributed by atoms with Crippen LogP contribution in [0.25, 0.3) is 33.5 Å². The molecule has 46 heavy (non-hydrogen) atoms. The van der Waals surface area contributed by atoms with E-state index in [2.05, 4.69) is 81.0 Å². The highest BCUT2D eigenvalue weighted by atomic mass is 79.9. The first-order valence-electron chi connectivity index (χ1n) is 16.9. The number of likely N-dealkylation sites (tertiary alicyclic amines) is 1. The van der Waals surface area contributed by atoms with E-state index in [0.29, 0.717) is 5.92 Å². The number of hydrogen-bond acceptors (Lipinski definition) is 5. The summed E-state index contributed by atoms with van der Waals surface area (Å²) in [7, 11) is 0. The van der Waals surface area contributed by atoms with Crippen molar-refractivity contribution in [1.29, 1.82) is 0 Å². The average molecular weight is 681 g/mol. The summed E-state index contributed by atoms with van der Waals surface area (Å²) in [6.07, 6.45) is 11.3. The molecule has 2 unspecified atom stereocenters. The lowest BCUT2D eigenvalue weighted by Crippen LogP contribution is -2.49. The highest BCUT2D eigenvalue weighted by Gasteiger charge is 2.56. The largest absolute Gasteiger partial charge is 0.398 e. The molecule has 238 valence electrons. The van der Waals surface area contributed by atoms with Crippen molar-refractivity contribution in [3.63, 3.8) is 0 Å². The number of aromatic amines is 1. The Morgan fingerprint density at radius 1 is 1.02 bits per heavy atom. The maximum atomic E-state index is 13.4. The fourth-order valence-electron chi connectivity index (χ4n) is 8.93. The Kier molecular flexibility index (Phi) is 7.38. The van der Waals surface area contributed by atoms with E-state index in [1.54, 1.807) is 5.56 Å². The maximum absolute atomic E-state index is 13.4. The molecule has 0 radical (unpaired) electrons. The van der Waals surface area contributed by atoms with Gasteiger partial charge in [0.25, 0.3) is 0 Å². The van der Waals surface area contributed by atoms with E-state index in [1.165, 1.54) is 59.9 Å². The molecule has 7 nitrogen and oxygen atoms in total. The third-order valence-corrected chi connectivity index (χ3v) is 12.1. The van der Waals surface area contributed by atoms with E-state index in [-0.39, 0.29) is 29.3 Å². The van der Waals surface area contributed by atoms with Gasteiger partial charge in [0.05, 0.1) is 17.9 Å². The maximum Gasteiger partial charge on any atom is 0.243 e. The number of nitrogens with two attached hydrogens (primary N) is 1. The van der Waals surface area contributed by atoms with Gasteiger partial charge < -0.3 is 20.8 Å². The lowest BCUT2D eigenvalue weighted by Gasteiger charge is -2.31. The van der Waals surface area contributed by atoms with Crippen LogP contribution in [0.1, 0.15) is 81.8 Å². The molecule has 0 bridgehead atoms. The van der Waals surface area contributed by atoms with Gasteiger partial charge in [0, 0.05) is 16.2 Å². The van der Waals surface area contributed by atoms with Gasteiger partial charge in [-0.1, -0.05) is 69.2 Å². The number of halogens is 1. The molecule has 4 aliphatic rings. The van der Waals surface area contributed by atoms with Crippen molar-refractivity contribution >= 4 is 27.5 Å². The van der Waals surface area contributed by atoms with Crippen molar-refractivity contribution in [3.8, 4) is 33.5 Å². The lowest BCUT2D eigenvalue weighted by atomic mass is 9.76. The molecule has 1 aliphatic heterocycles. The number of rotatable bonds is 7. The Morgan fingerprint density at radius 2 is 1.74 bits per heavy atom. The number of imidazole rings is 1. The van der Waals surface area contributed by atoms with Crippen LogP contribution in [-0.2, 0) is 16.6 Å². The number of hydrogen-bond donors (Lipinski definition) is 4. The minimum absolute atomic E-state index is 0.0119. The zero-order valence-electron chi connectivity index (χ0n) is 26.5. The summed E-state index contributed by atoms with van der Waals surface area (Å²) in [4.78, 5) is 23.7. The first-order valence-corrected chi connectivity index (χ1v) is 17.7. The molecule has 2 saturated carbocycles. The Labute approximate surface area is 279 Å². The van der Waals surface area contributed by atoms with Gasteiger partial charge in [-0.2, -0.15) is 5.48 Å². The first kappa shape index (κ1) is 29.9. The quantitative estimate of drug-likeness (QED) is 0.116. The van der Waals surface area contributed by atoms with Gasteiger partial charge in [0.2, 0.25) is 5.91 Å². The molecule has 3 aromatic carbocycles. The Hall–Kier alpha value is -3.46. The topological polar surface area (TPSA) is 107 Å². The highest BCUT2D eigenvalue weighted by Crippen LogP contribution is 2.56. The number of H-pyrrole nitrogens is 1. The molecule has 8 heteroatoms. The zero-order valence-corrected chi connectivity index (χ0v) is 28.1. The molecule has 5 N–H and O–H groups in total. The number of amides is 1. The van der Waals surface area contributed by atoms with Crippen LogP contribution in [0.5, 0.6) is 0 Å². The number of carbonyl (C=O) groups is 1. The zero-order chi connectivity index (χ0) is 31.7. The predicted molar refractivity (Wildman–Crippen MR) is 185 cm³/mol. The third-order valence-electron chi connectivity index (χ3n) is 11.4. The number of benzene rings is 3. The normalized spacial score (nSPS) is 23.2. The monoisotopic (exact) mass is 679 g/mol. The molecule has 1 saturated heterocycles. The van der Waals surface area contributed by atoms with Gasteiger partial charge >= 0.3 is 0 Å². The fourth-order valence-corrected chi connectivity index (χ4v) is 9.17. The number of fused-ring (bicyclic) bond motifs is 3. The van der Waals surface area contributed by atoms with Crippen molar-refractivity contribution in [1.82, 2.24) is 20.3 Å². The molecular weight excluding hydrogens is 638 g/mol. The lowest BCUT2D eigenvalue weighted by molar-refractivity contribution is -0.140. The van der Waals surface area contributed by atoms with Crippen molar-refractivity contribution in [2.24, 2.45) is 11.8 Å². The second-order valence-electron chi connectivity index (χ2n) is 14.4. The van der Waals surface area contributed by atoms with Crippen LogP contribution in [0.15, 0.2) is 65.3 Å². The Morgan fingerprint density at radius 3 is 2.46 bits per heavy atom. The average Bonchev–Trinajstić information content (AvgIpc) is 3.53. The van der Waals surface area contributed by atoms with Crippen LogP contribution < -0.4 is 11.2 Å². The minimum atomic E-state index is -0.615. The Bertz CT molecular complexity index is 1810. The van der Waals surface area contributed by atoms with E-state index < -0.39 is 6.04 Å². The number of nitrogens with one attached hydrogen (secondary N) is 2. The smallest absolute Gasteiger partial charge is 0.243 e. The number of aromatic nitrogens is 2. The highest BCUT2D eigenvalue weighted by molar-refractivity contribution is 9.10. The Balaban J connectivity index is 1.10. The van der Waals surface area contributed by atoms with E-state index in [9.17, 15) is 10.0 Å². The van der Waals surface area contributed by atoms with Crippen LogP contribution in [-0.4, -0.2) is 38.1 Å². The van der Waals surface area contributed by atoms with Gasteiger partial charge in [0.15, 0.2) is 0 Å². The molecule has 4 atom stereocenters. The van der Waals surface area contributed by atoms with Crippen LogP contribution in [0.2, 0.25) is 0 Å². The number of anilines is 1. The summed E-state index contributed by atoms with van der Waals surface area (Å²) in [6.45, 7) is 3.90. The summed E-state index contributed by atoms with van der Waals surface area (Å²) in [5, 5.41) is 9.71. The summed E-state index contributed by atoms with van der Waals surface area (Å²) in [5.41, 5.74) is 19.8. The van der Waals surface area contributed by atoms with Gasteiger partial charge in [0.1, 0.15) is 11.9 Å². The van der Waals surface area contributed by atoms with Crippen LogP contribution >= 0.6 is 15.9 Å². The minimum Gasteiger partial charge on any atom is -0.398 e. The van der Waals surface area contributed by atoms with E-state index >= 15 is 0 Å². The second kappa shape index (κ2) is 11.4. The molecule has 4 aromatic rings. The van der Waals surface area contributed by atoms with Gasteiger partial charge in [-0.3, -0.25) is 4.79 Å². The van der Waals surface area contributed by atoms with Crippen LogP contribution in [0, 0.1) is 11.8 Å². The van der Waals surface area contributed by atoms with Crippen molar-refractivity contribution in [3.05, 3.63) is 82.2 Å². The molecule has 1 spiro atoms.